The highest BCUT2D eigenvalue weighted by Gasteiger charge is 2.22. The smallest absolute Gasteiger partial charge is 0.131 e. The molecular formula is C14H20FNO2. The number of methoxy groups -OCH3 is 1. The van der Waals surface area contributed by atoms with Gasteiger partial charge in [-0.3, -0.25) is 0 Å². The Morgan fingerprint density at radius 2 is 2.39 bits per heavy atom. The van der Waals surface area contributed by atoms with Gasteiger partial charge in [-0.1, -0.05) is 6.07 Å². The first-order chi connectivity index (χ1) is 8.74. The van der Waals surface area contributed by atoms with E-state index in [-0.39, 0.29) is 18.0 Å². The van der Waals surface area contributed by atoms with Crippen LogP contribution in [0.3, 0.4) is 0 Å². The largest absolute Gasteiger partial charge is 0.497 e. The second-order valence-electron chi connectivity index (χ2n) is 4.60. The Labute approximate surface area is 107 Å². The van der Waals surface area contributed by atoms with Crippen LogP contribution in [0.4, 0.5) is 4.39 Å². The fourth-order valence-corrected chi connectivity index (χ4v) is 2.41. The lowest BCUT2D eigenvalue weighted by Gasteiger charge is -2.21. The third-order valence-corrected chi connectivity index (χ3v) is 3.45. The van der Waals surface area contributed by atoms with Crippen LogP contribution in [0.2, 0.25) is 0 Å². The van der Waals surface area contributed by atoms with E-state index in [2.05, 4.69) is 5.32 Å². The lowest BCUT2D eigenvalue weighted by atomic mass is 9.99. The van der Waals surface area contributed by atoms with Gasteiger partial charge in [0.15, 0.2) is 0 Å². The van der Waals surface area contributed by atoms with Crippen molar-refractivity contribution >= 4 is 0 Å². The van der Waals surface area contributed by atoms with Crippen LogP contribution in [0.15, 0.2) is 18.2 Å². The Bertz CT molecular complexity index is 391. The lowest BCUT2D eigenvalue weighted by Crippen LogP contribution is -2.23. The Balaban J connectivity index is 2.10. The van der Waals surface area contributed by atoms with E-state index in [1.165, 1.54) is 13.2 Å². The first kappa shape index (κ1) is 13.3. The molecule has 1 aliphatic heterocycles. The number of halogens is 1. The molecule has 0 aromatic heterocycles. The zero-order valence-corrected chi connectivity index (χ0v) is 10.9. The van der Waals surface area contributed by atoms with Gasteiger partial charge in [-0.05, 0) is 32.4 Å². The van der Waals surface area contributed by atoms with Crippen molar-refractivity contribution in [2.45, 2.75) is 31.4 Å². The summed E-state index contributed by atoms with van der Waals surface area (Å²) in [5, 5.41) is 3.16. The summed E-state index contributed by atoms with van der Waals surface area (Å²) in [6, 6.07) is 4.98. The van der Waals surface area contributed by atoms with E-state index in [0.717, 1.165) is 25.9 Å². The summed E-state index contributed by atoms with van der Waals surface area (Å²) in [7, 11) is 3.39. The van der Waals surface area contributed by atoms with Gasteiger partial charge in [0.05, 0.1) is 13.2 Å². The van der Waals surface area contributed by atoms with Gasteiger partial charge in [0.2, 0.25) is 0 Å². The summed E-state index contributed by atoms with van der Waals surface area (Å²) >= 11 is 0. The number of ether oxygens (including phenoxy) is 2. The highest BCUT2D eigenvalue weighted by Crippen LogP contribution is 2.28. The van der Waals surface area contributed by atoms with Crippen molar-refractivity contribution in [1.82, 2.24) is 5.32 Å². The molecule has 18 heavy (non-hydrogen) atoms. The van der Waals surface area contributed by atoms with Crippen molar-refractivity contribution in [3.05, 3.63) is 29.6 Å². The van der Waals surface area contributed by atoms with Crippen LogP contribution in [0, 0.1) is 5.82 Å². The summed E-state index contributed by atoms with van der Waals surface area (Å²) in [5.41, 5.74) is 0.675. The van der Waals surface area contributed by atoms with Crippen LogP contribution >= 0.6 is 0 Å². The van der Waals surface area contributed by atoms with Crippen molar-refractivity contribution in [1.29, 1.82) is 0 Å². The normalized spacial score (nSPS) is 20.9. The molecule has 1 saturated heterocycles. The Hall–Kier alpha value is -1.13. The number of hydrogen-bond donors (Lipinski definition) is 1. The molecule has 1 fully saturated rings. The second kappa shape index (κ2) is 6.16. The molecule has 0 spiro atoms. The fraction of sp³-hybridized carbons (Fsp3) is 0.571. The summed E-state index contributed by atoms with van der Waals surface area (Å²) in [6.45, 7) is 0.826. The summed E-state index contributed by atoms with van der Waals surface area (Å²) in [6.07, 6.45) is 3.21. The highest BCUT2D eigenvalue weighted by atomic mass is 19.1. The molecule has 0 bridgehead atoms. The maximum atomic E-state index is 14.0. The Kier molecular flexibility index (Phi) is 4.55. The topological polar surface area (TPSA) is 30.5 Å². The van der Waals surface area contributed by atoms with Gasteiger partial charge in [-0.2, -0.15) is 0 Å². The predicted molar refractivity (Wildman–Crippen MR) is 68.3 cm³/mol. The third-order valence-electron chi connectivity index (χ3n) is 3.45. The van der Waals surface area contributed by atoms with E-state index >= 15 is 0 Å². The van der Waals surface area contributed by atoms with Gasteiger partial charge in [0, 0.05) is 24.3 Å². The van der Waals surface area contributed by atoms with Crippen LogP contribution in [0.1, 0.15) is 30.9 Å². The number of rotatable bonds is 5. The number of benzene rings is 1. The Morgan fingerprint density at radius 1 is 1.56 bits per heavy atom. The van der Waals surface area contributed by atoms with Crippen molar-refractivity contribution in [3.63, 3.8) is 0 Å². The van der Waals surface area contributed by atoms with Crippen molar-refractivity contribution in [2.75, 3.05) is 20.8 Å². The molecule has 1 aliphatic rings. The number of nitrogens with one attached hydrogen (secondary N) is 1. The number of hydrogen-bond acceptors (Lipinski definition) is 3. The van der Waals surface area contributed by atoms with Crippen LogP contribution in [-0.4, -0.2) is 26.9 Å². The van der Waals surface area contributed by atoms with Gasteiger partial charge in [0.1, 0.15) is 11.6 Å². The molecule has 2 rings (SSSR count). The maximum Gasteiger partial charge on any atom is 0.131 e. The monoisotopic (exact) mass is 253 g/mol. The SMILES string of the molecule is CNC(CC1CCCO1)c1ccc(OC)cc1F. The average molecular weight is 253 g/mol. The lowest BCUT2D eigenvalue weighted by molar-refractivity contribution is 0.0950. The molecule has 1 heterocycles. The molecule has 0 amide bonds. The van der Waals surface area contributed by atoms with Crippen molar-refractivity contribution in [2.24, 2.45) is 0 Å². The molecule has 2 unspecified atom stereocenters. The average Bonchev–Trinajstić information content (AvgIpc) is 2.89. The summed E-state index contributed by atoms with van der Waals surface area (Å²) in [4.78, 5) is 0. The molecule has 0 saturated carbocycles. The van der Waals surface area contributed by atoms with E-state index < -0.39 is 0 Å². The van der Waals surface area contributed by atoms with Crippen LogP contribution in [0.25, 0.3) is 0 Å². The van der Waals surface area contributed by atoms with E-state index in [0.29, 0.717) is 11.3 Å². The molecule has 1 aromatic carbocycles. The maximum absolute atomic E-state index is 14.0. The summed E-state index contributed by atoms with van der Waals surface area (Å²) < 4.78 is 24.6. The van der Waals surface area contributed by atoms with E-state index in [4.69, 9.17) is 9.47 Å². The molecule has 4 heteroatoms. The molecule has 0 radical (unpaired) electrons. The van der Waals surface area contributed by atoms with Crippen LogP contribution < -0.4 is 10.1 Å². The minimum absolute atomic E-state index is 0.0148. The van der Waals surface area contributed by atoms with Gasteiger partial charge < -0.3 is 14.8 Å². The van der Waals surface area contributed by atoms with Crippen molar-refractivity contribution < 1.29 is 13.9 Å². The second-order valence-corrected chi connectivity index (χ2v) is 4.60. The molecular weight excluding hydrogens is 233 g/mol. The van der Waals surface area contributed by atoms with Crippen LogP contribution in [-0.2, 0) is 4.74 Å². The predicted octanol–water partition coefficient (Wildman–Crippen LogP) is 2.66. The van der Waals surface area contributed by atoms with Gasteiger partial charge >= 0.3 is 0 Å². The highest BCUT2D eigenvalue weighted by molar-refractivity contribution is 5.30. The summed E-state index contributed by atoms with van der Waals surface area (Å²) in [5.74, 6) is 0.315. The zero-order valence-electron chi connectivity index (χ0n) is 10.9. The van der Waals surface area contributed by atoms with Gasteiger partial charge in [-0.25, -0.2) is 4.39 Å². The Morgan fingerprint density at radius 3 is 2.94 bits per heavy atom. The minimum Gasteiger partial charge on any atom is -0.497 e. The molecule has 0 aliphatic carbocycles. The quantitative estimate of drug-likeness (QED) is 0.875. The molecule has 1 aromatic rings. The van der Waals surface area contributed by atoms with Crippen LogP contribution in [0.5, 0.6) is 5.75 Å². The van der Waals surface area contributed by atoms with Gasteiger partial charge in [0.25, 0.3) is 0 Å². The third kappa shape index (κ3) is 3.00. The first-order valence-corrected chi connectivity index (χ1v) is 6.37. The van der Waals surface area contributed by atoms with Crippen molar-refractivity contribution in [3.8, 4) is 5.75 Å². The van der Waals surface area contributed by atoms with E-state index in [1.54, 1.807) is 12.1 Å². The van der Waals surface area contributed by atoms with E-state index in [9.17, 15) is 4.39 Å². The van der Waals surface area contributed by atoms with Gasteiger partial charge in [-0.15, -0.1) is 0 Å². The zero-order chi connectivity index (χ0) is 13.0. The minimum atomic E-state index is -0.230. The van der Waals surface area contributed by atoms with E-state index in [1.807, 2.05) is 7.05 Å². The first-order valence-electron chi connectivity index (χ1n) is 6.37. The molecule has 100 valence electrons. The molecule has 1 N–H and O–H groups in total. The molecule has 2 atom stereocenters. The standard InChI is InChI=1S/C14H20FNO2/c1-16-14(9-11-4-3-7-18-11)12-6-5-10(17-2)8-13(12)15/h5-6,8,11,14,16H,3-4,7,9H2,1-2H3. The fourth-order valence-electron chi connectivity index (χ4n) is 2.41. The molecule has 3 nitrogen and oxygen atoms in total.